The summed E-state index contributed by atoms with van der Waals surface area (Å²) in [5.41, 5.74) is 1.89. The average Bonchev–Trinajstić information content (AvgIpc) is 2.85. The van der Waals surface area contributed by atoms with E-state index < -0.39 is 17.9 Å². The second-order valence-corrected chi connectivity index (χ2v) is 7.71. The van der Waals surface area contributed by atoms with E-state index in [4.69, 9.17) is 0 Å². The van der Waals surface area contributed by atoms with E-state index in [2.05, 4.69) is 26.1 Å². The van der Waals surface area contributed by atoms with Gasteiger partial charge in [-0.3, -0.25) is 14.4 Å². The lowest BCUT2D eigenvalue weighted by Gasteiger charge is -2.22. The highest BCUT2D eigenvalue weighted by Gasteiger charge is 2.33. The summed E-state index contributed by atoms with van der Waals surface area (Å²) in [6, 6.07) is 7.03. The molecule has 136 valence electrons. The zero-order valence-electron chi connectivity index (χ0n) is 15.2. The van der Waals surface area contributed by atoms with Gasteiger partial charge in [-0.25, -0.2) is 0 Å². The SMILES string of the molecule is CN1CC(C(=O)NC(CC(=O)O)c2ccc(C(C)(C)C)cc2)CC1=O. The van der Waals surface area contributed by atoms with Crippen molar-refractivity contribution >= 4 is 17.8 Å². The minimum absolute atomic E-state index is 0.00112. The zero-order valence-corrected chi connectivity index (χ0v) is 15.2. The van der Waals surface area contributed by atoms with Crippen LogP contribution in [0, 0.1) is 5.92 Å². The number of carboxylic acid groups (broad SMARTS) is 1. The molecule has 1 fully saturated rings. The van der Waals surface area contributed by atoms with E-state index in [-0.39, 0.29) is 30.1 Å². The zero-order chi connectivity index (χ0) is 18.8. The molecule has 0 radical (unpaired) electrons. The molecule has 1 heterocycles. The summed E-state index contributed by atoms with van der Waals surface area (Å²) in [6.45, 7) is 6.68. The van der Waals surface area contributed by atoms with E-state index in [1.165, 1.54) is 4.90 Å². The van der Waals surface area contributed by atoms with E-state index in [9.17, 15) is 19.5 Å². The van der Waals surface area contributed by atoms with E-state index in [1.807, 2.05) is 24.3 Å². The Bertz CT molecular complexity index is 661. The van der Waals surface area contributed by atoms with Crippen LogP contribution in [0.25, 0.3) is 0 Å². The predicted octanol–water partition coefficient (Wildman–Crippen LogP) is 2.09. The fourth-order valence-corrected chi connectivity index (χ4v) is 2.97. The van der Waals surface area contributed by atoms with Crippen molar-refractivity contribution in [2.24, 2.45) is 5.92 Å². The monoisotopic (exact) mass is 346 g/mol. The van der Waals surface area contributed by atoms with Crippen LogP contribution >= 0.6 is 0 Å². The lowest BCUT2D eigenvalue weighted by molar-refractivity contribution is -0.138. The van der Waals surface area contributed by atoms with Gasteiger partial charge in [0, 0.05) is 20.0 Å². The number of carbonyl (C=O) groups excluding carboxylic acids is 2. The maximum absolute atomic E-state index is 12.4. The lowest BCUT2D eigenvalue weighted by atomic mass is 9.86. The Morgan fingerprint density at radius 3 is 2.32 bits per heavy atom. The second kappa shape index (κ2) is 7.25. The van der Waals surface area contributed by atoms with Crippen LogP contribution in [0.4, 0.5) is 0 Å². The molecule has 1 saturated heterocycles. The summed E-state index contributed by atoms with van der Waals surface area (Å²) < 4.78 is 0. The van der Waals surface area contributed by atoms with Gasteiger partial charge in [0.05, 0.1) is 18.4 Å². The molecule has 2 unspecified atom stereocenters. The van der Waals surface area contributed by atoms with Gasteiger partial charge in [-0.05, 0) is 16.5 Å². The van der Waals surface area contributed by atoms with Crippen molar-refractivity contribution < 1.29 is 19.5 Å². The number of aliphatic carboxylic acids is 1. The molecule has 0 aliphatic carbocycles. The molecule has 2 N–H and O–H groups in total. The summed E-state index contributed by atoms with van der Waals surface area (Å²) in [4.78, 5) is 36.8. The van der Waals surface area contributed by atoms with Gasteiger partial charge in [-0.15, -0.1) is 0 Å². The third kappa shape index (κ3) is 4.81. The highest BCUT2D eigenvalue weighted by atomic mass is 16.4. The molecule has 6 heteroatoms. The first kappa shape index (κ1) is 19.0. The lowest BCUT2D eigenvalue weighted by Crippen LogP contribution is -2.36. The van der Waals surface area contributed by atoms with Crippen molar-refractivity contribution in [1.82, 2.24) is 10.2 Å². The molecule has 1 aliphatic rings. The van der Waals surface area contributed by atoms with Crippen molar-refractivity contribution in [2.75, 3.05) is 13.6 Å². The number of hydrogen-bond acceptors (Lipinski definition) is 3. The molecule has 2 amide bonds. The molecular formula is C19H26N2O4. The Labute approximate surface area is 148 Å². The Hall–Kier alpha value is -2.37. The molecule has 1 aromatic carbocycles. The molecular weight excluding hydrogens is 320 g/mol. The largest absolute Gasteiger partial charge is 0.481 e. The van der Waals surface area contributed by atoms with Gasteiger partial charge in [-0.1, -0.05) is 45.0 Å². The van der Waals surface area contributed by atoms with Gasteiger partial charge >= 0.3 is 5.97 Å². The molecule has 0 spiro atoms. The number of hydrogen-bond donors (Lipinski definition) is 2. The van der Waals surface area contributed by atoms with Crippen molar-refractivity contribution in [2.45, 2.75) is 45.1 Å². The first-order valence-electron chi connectivity index (χ1n) is 8.44. The van der Waals surface area contributed by atoms with Crippen molar-refractivity contribution in [3.05, 3.63) is 35.4 Å². The molecule has 6 nitrogen and oxygen atoms in total. The average molecular weight is 346 g/mol. The third-order valence-electron chi connectivity index (χ3n) is 4.59. The fraction of sp³-hybridized carbons (Fsp3) is 0.526. The normalized spacial score (nSPS) is 19.0. The van der Waals surface area contributed by atoms with Crippen LogP contribution < -0.4 is 5.32 Å². The topological polar surface area (TPSA) is 86.7 Å². The molecule has 2 atom stereocenters. The van der Waals surface area contributed by atoms with Gasteiger partial charge in [0.1, 0.15) is 0 Å². The van der Waals surface area contributed by atoms with Crippen molar-refractivity contribution in [3.63, 3.8) is 0 Å². The van der Waals surface area contributed by atoms with Crippen LogP contribution in [0.15, 0.2) is 24.3 Å². The molecule has 1 aromatic rings. The minimum atomic E-state index is -0.982. The Morgan fingerprint density at radius 1 is 1.28 bits per heavy atom. The minimum Gasteiger partial charge on any atom is -0.481 e. The van der Waals surface area contributed by atoms with Crippen molar-refractivity contribution in [1.29, 1.82) is 0 Å². The van der Waals surface area contributed by atoms with E-state index >= 15 is 0 Å². The highest BCUT2D eigenvalue weighted by Crippen LogP contribution is 2.26. The smallest absolute Gasteiger partial charge is 0.305 e. The highest BCUT2D eigenvalue weighted by molar-refractivity contribution is 5.89. The summed E-state index contributed by atoms with van der Waals surface area (Å²) >= 11 is 0. The number of rotatable bonds is 5. The molecule has 0 bridgehead atoms. The molecule has 2 rings (SSSR count). The van der Waals surface area contributed by atoms with Crippen LogP contribution in [0.1, 0.15) is 50.8 Å². The van der Waals surface area contributed by atoms with Gasteiger partial charge in [0.2, 0.25) is 11.8 Å². The van der Waals surface area contributed by atoms with Crippen LogP contribution in [-0.2, 0) is 19.8 Å². The first-order valence-corrected chi connectivity index (χ1v) is 8.44. The number of amides is 2. The number of benzene rings is 1. The summed E-state index contributed by atoms with van der Waals surface area (Å²) in [7, 11) is 1.66. The standard InChI is InChI=1S/C19H26N2O4/c1-19(2,3)14-7-5-12(6-8-14)15(10-17(23)24)20-18(25)13-9-16(22)21(4)11-13/h5-8,13,15H,9-11H2,1-4H3,(H,20,25)(H,23,24). The third-order valence-corrected chi connectivity index (χ3v) is 4.59. The molecule has 0 saturated carbocycles. The quantitative estimate of drug-likeness (QED) is 0.855. The van der Waals surface area contributed by atoms with Crippen LogP contribution in [0.3, 0.4) is 0 Å². The molecule has 25 heavy (non-hydrogen) atoms. The van der Waals surface area contributed by atoms with E-state index in [0.29, 0.717) is 6.54 Å². The number of nitrogens with zero attached hydrogens (tertiary/aromatic N) is 1. The Kier molecular flexibility index (Phi) is 5.50. The second-order valence-electron chi connectivity index (χ2n) is 7.71. The summed E-state index contributed by atoms with van der Waals surface area (Å²) in [6.07, 6.45) is -0.0256. The van der Waals surface area contributed by atoms with Gasteiger partial charge in [0.15, 0.2) is 0 Å². The number of carbonyl (C=O) groups is 3. The Morgan fingerprint density at radius 2 is 1.88 bits per heavy atom. The number of likely N-dealkylation sites (tertiary alicyclic amines) is 1. The van der Waals surface area contributed by atoms with Crippen LogP contribution in [0.2, 0.25) is 0 Å². The maximum atomic E-state index is 12.4. The van der Waals surface area contributed by atoms with E-state index in [0.717, 1.165) is 11.1 Å². The predicted molar refractivity (Wildman–Crippen MR) is 94.0 cm³/mol. The molecule has 1 aliphatic heterocycles. The van der Waals surface area contributed by atoms with Crippen LogP contribution in [0.5, 0.6) is 0 Å². The summed E-state index contributed by atoms with van der Waals surface area (Å²) in [5, 5.41) is 12.0. The first-order chi connectivity index (χ1) is 11.6. The number of carboxylic acids is 1. The van der Waals surface area contributed by atoms with Crippen LogP contribution in [-0.4, -0.2) is 41.4 Å². The van der Waals surface area contributed by atoms with Crippen molar-refractivity contribution in [3.8, 4) is 0 Å². The van der Waals surface area contributed by atoms with Gasteiger partial charge < -0.3 is 15.3 Å². The van der Waals surface area contributed by atoms with E-state index in [1.54, 1.807) is 7.05 Å². The number of nitrogens with one attached hydrogen (secondary N) is 1. The Balaban J connectivity index is 2.14. The molecule has 0 aromatic heterocycles. The van der Waals surface area contributed by atoms with Gasteiger partial charge in [0.25, 0.3) is 0 Å². The fourth-order valence-electron chi connectivity index (χ4n) is 2.97. The summed E-state index contributed by atoms with van der Waals surface area (Å²) in [5.74, 6) is -1.75. The van der Waals surface area contributed by atoms with Gasteiger partial charge in [-0.2, -0.15) is 0 Å². The maximum Gasteiger partial charge on any atom is 0.305 e.